The summed E-state index contributed by atoms with van der Waals surface area (Å²) in [4.78, 5) is 11.4. The van der Waals surface area contributed by atoms with Crippen molar-refractivity contribution in [3.05, 3.63) is 51.9 Å². The minimum atomic E-state index is -0.809. The number of anilines is 1. The minimum absolute atomic E-state index is 0.0354. The van der Waals surface area contributed by atoms with E-state index in [2.05, 4.69) is 10.1 Å². The largest absolute Gasteiger partial charge is 0.465 e. The van der Waals surface area contributed by atoms with Gasteiger partial charge in [-0.05, 0) is 19.1 Å². The summed E-state index contributed by atoms with van der Waals surface area (Å²) in [6.45, 7) is 1.70. The number of rotatable bonds is 4. The molecule has 7 heteroatoms. The molecule has 4 nitrogen and oxygen atoms in total. The molecule has 0 saturated heterocycles. The van der Waals surface area contributed by atoms with Gasteiger partial charge in [0, 0.05) is 6.07 Å². The lowest BCUT2D eigenvalue weighted by Crippen LogP contribution is -2.02. The maximum Gasteiger partial charge on any atom is 0.341 e. The van der Waals surface area contributed by atoms with Crippen LogP contribution in [0.4, 0.5) is 14.5 Å². The fourth-order valence-corrected chi connectivity index (χ4v) is 2.09. The SMILES string of the molecule is COC(=O)c1cc(CNc2c(F)cc(F)cc2Cl)oc1C. The van der Waals surface area contributed by atoms with Gasteiger partial charge in [-0.1, -0.05) is 11.6 Å². The molecule has 1 N–H and O–H groups in total. The number of hydrogen-bond acceptors (Lipinski definition) is 4. The molecule has 0 atom stereocenters. The molecular formula is C14H12ClF2NO3. The molecule has 0 aliphatic carbocycles. The van der Waals surface area contributed by atoms with Gasteiger partial charge in [-0.15, -0.1) is 0 Å². The number of carbonyl (C=O) groups is 1. The molecule has 0 radical (unpaired) electrons. The van der Waals surface area contributed by atoms with Crippen LogP contribution in [0.5, 0.6) is 0 Å². The average molecular weight is 316 g/mol. The van der Waals surface area contributed by atoms with Gasteiger partial charge in [0.2, 0.25) is 0 Å². The Hall–Kier alpha value is -2.08. The molecule has 0 aliphatic rings. The molecule has 0 bridgehead atoms. The Balaban J connectivity index is 2.16. The van der Waals surface area contributed by atoms with Crippen LogP contribution in [0.25, 0.3) is 0 Å². The summed E-state index contributed by atoms with van der Waals surface area (Å²) in [6, 6.07) is 3.21. The zero-order valence-corrected chi connectivity index (χ0v) is 12.1. The highest BCUT2D eigenvalue weighted by atomic mass is 35.5. The predicted octanol–water partition coefficient (Wildman–Crippen LogP) is 3.92. The number of carbonyl (C=O) groups excluding carboxylic acids is 1. The van der Waals surface area contributed by atoms with Gasteiger partial charge in [0.05, 0.1) is 24.4 Å². The first-order chi connectivity index (χ1) is 9.92. The molecule has 0 amide bonds. The number of benzene rings is 1. The third kappa shape index (κ3) is 3.33. The van der Waals surface area contributed by atoms with E-state index in [1.807, 2.05) is 0 Å². The first-order valence-electron chi connectivity index (χ1n) is 5.98. The number of esters is 1. The van der Waals surface area contributed by atoms with Crippen molar-refractivity contribution >= 4 is 23.3 Å². The van der Waals surface area contributed by atoms with E-state index in [0.717, 1.165) is 12.1 Å². The third-order valence-corrected chi connectivity index (χ3v) is 3.12. The molecule has 112 valence electrons. The zero-order valence-electron chi connectivity index (χ0n) is 11.3. The summed E-state index contributed by atoms with van der Waals surface area (Å²) in [5.41, 5.74) is 0.256. The molecule has 0 aliphatic heterocycles. The summed E-state index contributed by atoms with van der Waals surface area (Å²) in [5, 5.41) is 2.62. The maximum absolute atomic E-state index is 13.6. The number of nitrogens with one attached hydrogen (secondary N) is 1. The topological polar surface area (TPSA) is 51.5 Å². The summed E-state index contributed by atoms with van der Waals surface area (Å²) < 4.78 is 36.5. The van der Waals surface area contributed by atoms with Crippen molar-refractivity contribution in [3.63, 3.8) is 0 Å². The number of aryl methyl sites for hydroxylation is 1. The summed E-state index contributed by atoms with van der Waals surface area (Å²) >= 11 is 5.76. The smallest absolute Gasteiger partial charge is 0.341 e. The number of halogens is 3. The average Bonchev–Trinajstić information content (AvgIpc) is 2.78. The number of furan rings is 1. The minimum Gasteiger partial charge on any atom is -0.465 e. The molecule has 0 unspecified atom stereocenters. The van der Waals surface area contributed by atoms with Crippen LogP contribution in [0.2, 0.25) is 5.02 Å². The molecule has 0 fully saturated rings. The van der Waals surface area contributed by atoms with Crippen molar-refractivity contribution in [2.75, 3.05) is 12.4 Å². The van der Waals surface area contributed by atoms with Crippen LogP contribution in [0, 0.1) is 18.6 Å². The van der Waals surface area contributed by atoms with Crippen molar-refractivity contribution in [2.24, 2.45) is 0 Å². The van der Waals surface area contributed by atoms with Crippen LogP contribution < -0.4 is 5.32 Å². The van der Waals surface area contributed by atoms with Crippen LogP contribution in [-0.4, -0.2) is 13.1 Å². The maximum atomic E-state index is 13.6. The molecule has 1 heterocycles. The first kappa shape index (κ1) is 15.3. The van der Waals surface area contributed by atoms with Gasteiger partial charge in [-0.25, -0.2) is 13.6 Å². The van der Waals surface area contributed by atoms with E-state index < -0.39 is 17.6 Å². The quantitative estimate of drug-likeness (QED) is 0.869. The molecule has 1 aromatic heterocycles. The van der Waals surface area contributed by atoms with E-state index in [0.29, 0.717) is 17.1 Å². The van der Waals surface area contributed by atoms with Gasteiger partial charge in [0.25, 0.3) is 0 Å². The molecule has 0 saturated carbocycles. The lowest BCUT2D eigenvalue weighted by atomic mass is 10.2. The van der Waals surface area contributed by atoms with Crippen LogP contribution in [0.3, 0.4) is 0 Å². The third-order valence-electron chi connectivity index (χ3n) is 2.82. The lowest BCUT2D eigenvalue weighted by molar-refractivity contribution is 0.0599. The fraction of sp³-hybridized carbons (Fsp3) is 0.214. The van der Waals surface area contributed by atoms with Gasteiger partial charge in [-0.3, -0.25) is 0 Å². The summed E-state index contributed by atoms with van der Waals surface area (Å²) in [7, 11) is 1.26. The fourth-order valence-electron chi connectivity index (χ4n) is 1.83. The Labute approximate surface area is 124 Å². The second kappa shape index (κ2) is 6.13. The van der Waals surface area contributed by atoms with Crippen LogP contribution in [-0.2, 0) is 11.3 Å². The van der Waals surface area contributed by atoms with Gasteiger partial charge in [-0.2, -0.15) is 0 Å². The summed E-state index contributed by atoms with van der Waals surface area (Å²) in [6.07, 6.45) is 0. The molecule has 2 rings (SSSR count). The lowest BCUT2D eigenvalue weighted by Gasteiger charge is -2.08. The molecule has 1 aromatic carbocycles. The van der Waals surface area contributed by atoms with Crippen molar-refractivity contribution < 1.29 is 22.7 Å². The number of hydrogen-bond donors (Lipinski definition) is 1. The number of methoxy groups -OCH3 is 1. The van der Waals surface area contributed by atoms with E-state index in [4.69, 9.17) is 16.0 Å². The van der Waals surface area contributed by atoms with E-state index in [9.17, 15) is 13.6 Å². The standard InChI is InChI=1S/C14H12ClF2NO3/c1-7-10(14(19)20-2)5-9(21-7)6-18-13-11(15)3-8(16)4-12(13)17/h3-5,18H,6H2,1-2H3. The van der Waals surface area contributed by atoms with Crippen LogP contribution in [0.1, 0.15) is 21.9 Å². The van der Waals surface area contributed by atoms with Gasteiger partial charge < -0.3 is 14.5 Å². The highest BCUT2D eigenvalue weighted by Crippen LogP contribution is 2.27. The normalized spacial score (nSPS) is 10.5. The second-order valence-corrected chi connectivity index (χ2v) is 4.68. The molecular weight excluding hydrogens is 304 g/mol. The molecule has 0 spiro atoms. The predicted molar refractivity (Wildman–Crippen MR) is 73.5 cm³/mol. The van der Waals surface area contributed by atoms with E-state index in [-0.39, 0.29) is 17.3 Å². The second-order valence-electron chi connectivity index (χ2n) is 4.27. The van der Waals surface area contributed by atoms with E-state index in [1.54, 1.807) is 6.92 Å². The molecule has 21 heavy (non-hydrogen) atoms. The van der Waals surface area contributed by atoms with Gasteiger partial charge in [0.1, 0.15) is 22.9 Å². The van der Waals surface area contributed by atoms with Crippen molar-refractivity contribution in [3.8, 4) is 0 Å². The van der Waals surface area contributed by atoms with Crippen molar-refractivity contribution in [1.82, 2.24) is 0 Å². The van der Waals surface area contributed by atoms with Crippen molar-refractivity contribution in [1.29, 1.82) is 0 Å². The van der Waals surface area contributed by atoms with Gasteiger partial charge in [0.15, 0.2) is 5.82 Å². The van der Waals surface area contributed by atoms with Gasteiger partial charge >= 0.3 is 5.97 Å². The Morgan fingerprint density at radius 3 is 2.71 bits per heavy atom. The Kier molecular flexibility index (Phi) is 4.47. The number of ether oxygens (including phenoxy) is 1. The Morgan fingerprint density at radius 2 is 2.10 bits per heavy atom. The highest BCUT2D eigenvalue weighted by molar-refractivity contribution is 6.33. The monoisotopic (exact) mass is 315 g/mol. The first-order valence-corrected chi connectivity index (χ1v) is 6.36. The Morgan fingerprint density at radius 1 is 1.38 bits per heavy atom. The van der Waals surface area contributed by atoms with E-state index in [1.165, 1.54) is 13.2 Å². The van der Waals surface area contributed by atoms with Crippen LogP contribution in [0.15, 0.2) is 22.6 Å². The zero-order chi connectivity index (χ0) is 15.6. The summed E-state index contributed by atoms with van der Waals surface area (Å²) in [5.74, 6) is -1.30. The van der Waals surface area contributed by atoms with Crippen LogP contribution >= 0.6 is 11.6 Å². The van der Waals surface area contributed by atoms with E-state index >= 15 is 0 Å². The van der Waals surface area contributed by atoms with Crippen molar-refractivity contribution in [2.45, 2.75) is 13.5 Å². The highest BCUT2D eigenvalue weighted by Gasteiger charge is 2.16. The molecule has 2 aromatic rings. The Bertz CT molecular complexity index is 662.